The van der Waals surface area contributed by atoms with Crippen LogP contribution in [0.4, 0.5) is 0 Å². The second kappa shape index (κ2) is 6.62. The van der Waals surface area contributed by atoms with Gasteiger partial charge in [-0.05, 0) is 38.2 Å². The van der Waals surface area contributed by atoms with Crippen LogP contribution in [-0.4, -0.2) is 43.7 Å². The third-order valence-electron chi connectivity index (χ3n) is 5.74. The standard InChI is InChI=1S/C19H28N2O2/c1-18(8-5-13-23-15-18)17(22)21-11-9-19(14-20,10-12-21)16-6-3-2-4-7-16/h2-4,6-7H,5,8-15,20H2,1H3. The number of piperidine rings is 1. The molecule has 4 nitrogen and oxygen atoms in total. The summed E-state index contributed by atoms with van der Waals surface area (Å²) in [7, 11) is 0. The number of benzene rings is 1. The van der Waals surface area contributed by atoms with Gasteiger partial charge in [0.1, 0.15) is 0 Å². The van der Waals surface area contributed by atoms with Crippen LogP contribution in [0, 0.1) is 5.41 Å². The highest BCUT2D eigenvalue weighted by atomic mass is 16.5. The fourth-order valence-corrected chi connectivity index (χ4v) is 4.02. The first kappa shape index (κ1) is 16.5. The Balaban J connectivity index is 1.69. The van der Waals surface area contributed by atoms with Crippen molar-refractivity contribution in [2.75, 3.05) is 32.8 Å². The quantitative estimate of drug-likeness (QED) is 0.931. The zero-order valence-electron chi connectivity index (χ0n) is 14.1. The van der Waals surface area contributed by atoms with Crippen molar-refractivity contribution in [1.29, 1.82) is 0 Å². The Bertz CT molecular complexity index is 530. The molecule has 1 aromatic rings. The fourth-order valence-electron chi connectivity index (χ4n) is 4.02. The number of nitrogens with zero attached hydrogens (tertiary/aromatic N) is 1. The van der Waals surface area contributed by atoms with Gasteiger partial charge in [-0.25, -0.2) is 0 Å². The number of rotatable bonds is 3. The average Bonchev–Trinajstić information content (AvgIpc) is 2.62. The van der Waals surface area contributed by atoms with Crippen LogP contribution in [0.25, 0.3) is 0 Å². The molecule has 0 aromatic heterocycles. The molecule has 0 bridgehead atoms. The highest BCUT2D eigenvalue weighted by Crippen LogP contribution is 2.37. The number of amides is 1. The summed E-state index contributed by atoms with van der Waals surface area (Å²) in [5.41, 5.74) is 7.12. The minimum Gasteiger partial charge on any atom is -0.380 e. The molecule has 1 aromatic carbocycles. The van der Waals surface area contributed by atoms with E-state index in [1.54, 1.807) is 0 Å². The van der Waals surface area contributed by atoms with Crippen molar-refractivity contribution in [1.82, 2.24) is 4.90 Å². The van der Waals surface area contributed by atoms with E-state index in [1.165, 1.54) is 5.56 Å². The third kappa shape index (κ3) is 3.15. The van der Waals surface area contributed by atoms with Gasteiger partial charge >= 0.3 is 0 Å². The van der Waals surface area contributed by atoms with E-state index in [1.807, 2.05) is 11.0 Å². The van der Waals surface area contributed by atoms with Gasteiger partial charge in [0.05, 0.1) is 12.0 Å². The van der Waals surface area contributed by atoms with Crippen LogP contribution < -0.4 is 5.73 Å². The second-order valence-corrected chi connectivity index (χ2v) is 7.36. The number of carbonyl (C=O) groups is 1. The zero-order chi connectivity index (χ0) is 16.3. The summed E-state index contributed by atoms with van der Waals surface area (Å²) in [6, 6.07) is 10.5. The number of ether oxygens (including phenoxy) is 1. The lowest BCUT2D eigenvalue weighted by Crippen LogP contribution is -2.53. The summed E-state index contributed by atoms with van der Waals surface area (Å²) in [5, 5.41) is 0. The number of carbonyl (C=O) groups excluding carboxylic acids is 1. The van der Waals surface area contributed by atoms with Crippen molar-refractivity contribution >= 4 is 5.91 Å². The predicted octanol–water partition coefficient (Wildman–Crippen LogP) is 2.32. The monoisotopic (exact) mass is 316 g/mol. The maximum Gasteiger partial charge on any atom is 0.230 e. The van der Waals surface area contributed by atoms with Crippen molar-refractivity contribution in [2.45, 2.75) is 38.0 Å². The first-order chi connectivity index (χ1) is 11.1. The largest absolute Gasteiger partial charge is 0.380 e. The Labute approximate surface area is 139 Å². The van der Waals surface area contributed by atoms with Crippen LogP contribution in [0.15, 0.2) is 30.3 Å². The molecule has 2 fully saturated rings. The second-order valence-electron chi connectivity index (χ2n) is 7.36. The third-order valence-corrected chi connectivity index (χ3v) is 5.74. The maximum absolute atomic E-state index is 12.9. The van der Waals surface area contributed by atoms with Gasteiger partial charge in [0.25, 0.3) is 0 Å². The Hall–Kier alpha value is -1.39. The molecule has 2 heterocycles. The molecular formula is C19H28N2O2. The summed E-state index contributed by atoms with van der Waals surface area (Å²) in [6.45, 7) is 5.62. The highest BCUT2D eigenvalue weighted by Gasteiger charge is 2.42. The molecule has 0 spiro atoms. The van der Waals surface area contributed by atoms with Crippen LogP contribution in [0.1, 0.15) is 38.2 Å². The maximum atomic E-state index is 12.9. The lowest BCUT2D eigenvalue weighted by Gasteiger charge is -2.44. The zero-order valence-corrected chi connectivity index (χ0v) is 14.1. The van der Waals surface area contributed by atoms with Gasteiger partial charge in [0, 0.05) is 31.7 Å². The van der Waals surface area contributed by atoms with E-state index < -0.39 is 0 Å². The molecule has 2 aliphatic heterocycles. The Morgan fingerprint density at radius 2 is 1.91 bits per heavy atom. The van der Waals surface area contributed by atoms with Crippen LogP contribution in [0.3, 0.4) is 0 Å². The number of hydrogen-bond acceptors (Lipinski definition) is 3. The molecule has 2 N–H and O–H groups in total. The van der Waals surface area contributed by atoms with Crippen molar-refractivity contribution < 1.29 is 9.53 Å². The smallest absolute Gasteiger partial charge is 0.230 e. The molecule has 2 saturated heterocycles. The SMILES string of the molecule is CC1(C(=O)N2CCC(CN)(c3ccccc3)CC2)CCCOC1. The van der Waals surface area contributed by atoms with E-state index >= 15 is 0 Å². The fraction of sp³-hybridized carbons (Fsp3) is 0.632. The minimum absolute atomic E-state index is 0.0159. The van der Waals surface area contributed by atoms with Crippen LogP contribution >= 0.6 is 0 Å². The van der Waals surface area contributed by atoms with Crippen LogP contribution in [0.2, 0.25) is 0 Å². The Morgan fingerprint density at radius 3 is 2.48 bits per heavy atom. The number of hydrogen-bond donors (Lipinski definition) is 1. The normalized spacial score (nSPS) is 27.7. The molecule has 126 valence electrons. The van der Waals surface area contributed by atoms with Gasteiger partial charge in [-0.3, -0.25) is 4.79 Å². The van der Waals surface area contributed by atoms with Gasteiger partial charge in [0.15, 0.2) is 0 Å². The van der Waals surface area contributed by atoms with Crippen molar-refractivity contribution in [3.63, 3.8) is 0 Å². The molecule has 0 aliphatic carbocycles. The highest BCUT2D eigenvalue weighted by molar-refractivity contribution is 5.82. The van der Waals surface area contributed by atoms with E-state index in [4.69, 9.17) is 10.5 Å². The topological polar surface area (TPSA) is 55.6 Å². The summed E-state index contributed by atoms with van der Waals surface area (Å²) in [5.74, 6) is 0.260. The lowest BCUT2D eigenvalue weighted by atomic mass is 9.72. The van der Waals surface area contributed by atoms with Gasteiger partial charge in [0.2, 0.25) is 5.91 Å². The summed E-state index contributed by atoms with van der Waals surface area (Å²) in [4.78, 5) is 15.0. The molecule has 1 unspecified atom stereocenters. The first-order valence-corrected chi connectivity index (χ1v) is 8.72. The Morgan fingerprint density at radius 1 is 1.22 bits per heavy atom. The van der Waals surface area contributed by atoms with Crippen molar-refractivity contribution in [3.05, 3.63) is 35.9 Å². The van der Waals surface area contributed by atoms with E-state index in [-0.39, 0.29) is 16.7 Å². The van der Waals surface area contributed by atoms with Crippen molar-refractivity contribution in [3.8, 4) is 0 Å². The first-order valence-electron chi connectivity index (χ1n) is 8.72. The molecule has 2 aliphatic rings. The summed E-state index contributed by atoms with van der Waals surface area (Å²) in [6.07, 6.45) is 3.79. The van der Waals surface area contributed by atoms with Crippen LogP contribution in [0.5, 0.6) is 0 Å². The molecule has 0 saturated carbocycles. The molecular weight excluding hydrogens is 288 g/mol. The molecule has 1 amide bonds. The summed E-state index contributed by atoms with van der Waals surface area (Å²) >= 11 is 0. The molecule has 4 heteroatoms. The number of nitrogens with two attached hydrogens (primary N) is 1. The molecule has 0 radical (unpaired) electrons. The average molecular weight is 316 g/mol. The molecule has 3 rings (SSSR count). The van der Waals surface area contributed by atoms with E-state index in [0.717, 1.165) is 45.4 Å². The predicted molar refractivity (Wildman–Crippen MR) is 91.1 cm³/mol. The lowest BCUT2D eigenvalue weighted by molar-refractivity contribution is -0.150. The van der Waals surface area contributed by atoms with Gasteiger partial charge in [-0.2, -0.15) is 0 Å². The number of likely N-dealkylation sites (tertiary alicyclic amines) is 1. The summed E-state index contributed by atoms with van der Waals surface area (Å²) < 4.78 is 5.56. The van der Waals surface area contributed by atoms with Gasteiger partial charge in [-0.15, -0.1) is 0 Å². The molecule has 23 heavy (non-hydrogen) atoms. The van der Waals surface area contributed by atoms with Gasteiger partial charge in [-0.1, -0.05) is 30.3 Å². The van der Waals surface area contributed by atoms with Crippen molar-refractivity contribution in [2.24, 2.45) is 11.1 Å². The van der Waals surface area contributed by atoms with E-state index in [9.17, 15) is 4.79 Å². The molecule has 1 atom stereocenters. The van der Waals surface area contributed by atoms with Gasteiger partial charge < -0.3 is 15.4 Å². The minimum atomic E-state index is -0.340. The van der Waals surface area contributed by atoms with E-state index in [0.29, 0.717) is 13.2 Å². The van der Waals surface area contributed by atoms with Crippen LogP contribution in [-0.2, 0) is 14.9 Å². The Kier molecular flexibility index (Phi) is 4.74. The van der Waals surface area contributed by atoms with E-state index in [2.05, 4.69) is 31.2 Å².